The van der Waals surface area contributed by atoms with E-state index in [1.54, 1.807) is 0 Å². The first-order chi connectivity index (χ1) is 16.4. The van der Waals surface area contributed by atoms with Crippen LogP contribution in [0.1, 0.15) is 19.3 Å². The molecule has 4 amide bonds. The molecule has 0 spiro atoms. The third-order valence-corrected chi connectivity index (χ3v) is 6.87. The van der Waals surface area contributed by atoms with Crippen LogP contribution in [0.25, 0.3) is 0 Å². The summed E-state index contributed by atoms with van der Waals surface area (Å²) in [5, 5.41) is 42.6. The zero-order valence-corrected chi connectivity index (χ0v) is 18.4. The molecule has 0 radical (unpaired) electrons. The average Bonchev–Trinajstić information content (AvgIpc) is 3.17. The molecule has 4 aliphatic rings. The minimum absolute atomic E-state index is 0.142. The highest BCUT2D eigenvalue weighted by molar-refractivity contribution is 5.76. The number of hydrogen-bond donors (Lipinski definition) is 6. The molecule has 200 valence electrons. The summed E-state index contributed by atoms with van der Waals surface area (Å²) in [7, 11) is 0. The van der Waals surface area contributed by atoms with Gasteiger partial charge in [0.25, 0.3) is 0 Å². The third kappa shape index (κ3) is 4.51. The second-order valence-corrected chi connectivity index (χ2v) is 9.15. The van der Waals surface area contributed by atoms with E-state index in [1.807, 2.05) is 0 Å². The molecule has 8 atom stereocenters. The molecule has 16 heteroatoms. The van der Waals surface area contributed by atoms with Crippen LogP contribution in [0.15, 0.2) is 0 Å². The minimum Gasteiger partial charge on any atom is -0.394 e. The number of ether oxygens (including phenoxy) is 2. The lowest BCUT2D eigenvalue weighted by Gasteiger charge is -2.41. The van der Waals surface area contributed by atoms with Crippen LogP contribution in [0, 0.1) is 0 Å². The predicted octanol–water partition coefficient (Wildman–Crippen LogP) is -1.63. The fourth-order valence-electron chi connectivity index (χ4n) is 4.89. The molecule has 0 bridgehead atoms. The van der Waals surface area contributed by atoms with Crippen molar-refractivity contribution in [3.63, 3.8) is 0 Å². The maximum absolute atomic E-state index is 14.3. The van der Waals surface area contributed by atoms with Gasteiger partial charge >= 0.3 is 23.9 Å². The van der Waals surface area contributed by atoms with Gasteiger partial charge in [0.15, 0.2) is 12.2 Å². The quantitative estimate of drug-likeness (QED) is 0.229. The molecule has 4 fully saturated rings. The Morgan fingerprint density at radius 1 is 0.800 bits per heavy atom. The molecular weight excluding hydrogens is 488 g/mol. The van der Waals surface area contributed by atoms with Crippen LogP contribution in [0.4, 0.5) is 27.2 Å². The van der Waals surface area contributed by atoms with Crippen molar-refractivity contribution < 1.29 is 57.1 Å². The van der Waals surface area contributed by atoms with Gasteiger partial charge in [-0.25, -0.2) is 9.59 Å². The molecule has 0 aromatic rings. The van der Waals surface area contributed by atoms with Gasteiger partial charge in [-0.3, -0.25) is 9.80 Å². The lowest BCUT2D eigenvalue weighted by molar-refractivity contribution is -0.158. The van der Waals surface area contributed by atoms with Crippen molar-refractivity contribution in [2.24, 2.45) is 0 Å². The summed E-state index contributed by atoms with van der Waals surface area (Å²) in [5.74, 6) is -7.57. The molecule has 0 aromatic carbocycles. The number of carbonyl (C=O) groups is 2. The van der Waals surface area contributed by atoms with Crippen LogP contribution in [-0.2, 0) is 9.47 Å². The molecular formula is C19H28F4N4O8. The Kier molecular flexibility index (Phi) is 7.07. The smallest absolute Gasteiger partial charge is 0.319 e. The van der Waals surface area contributed by atoms with Crippen molar-refractivity contribution >= 4 is 12.1 Å². The molecule has 6 N–H and O–H groups in total. The second kappa shape index (κ2) is 9.48. The number of nitrogens with one attached hydrogen (secondary N) is 2. The lowest BCUT2D eigenvalue weighted by atomic mass is 9.98. The number of urea groups is 2. The Bertz CT molecular complexity index is 762. The summed E-state index contributed by atoms with van der Waals surface area (Å²) in [6.45, 7) is -1.98. The zero-order chi connectivity index (χ0) is 25.7. The fourth-order valence-corrected chi connectivity index (χ4v) is 4.89. The molecule has 4 heterocycles. The maximum atomic E-state index is 14.3. The predicted molar refractivity (Wildman–Crippen MR) is 105 cm³/mol. The van der Waals surface area contributed by atoms with Crippen LogP contribution < -0.4 is 10.6 Å². The molecule has 4 aliphatic heterocycles. The summed E-state index contributed by atoms with van der Waals surface area (Å²) >= 11 is 0. The summed E-state index contributed by atoms with van der Waals surface area (Å²) < 4.78 is 67.4. The Labute approximate surface area is 196 Å². The lowest BCUT2D eigenvalue weighted by Crippen LogP contribution is -2.62. The summed E-state index contributed by atoms with van der Waals surface area (Å²) in [6, 6.07) is -2.78. The van der Waals surface area contributed by atoms with Crippen molar-refractivity contribution in [3.8, 4) is 0 Å². The van der Waals surface area contributed by atoms with E-state index in [0.717, 1.165) is 9.80 Å². The van der Waals surface area contributed by atoms with Gasteiger partial charge in [0.1, 0.15) is 12.2 Å². The summed E-state index contributed by atoms with van der Waals surface area (Å²) in [6.07, 6.45) is -11.1. The molecule has 12 nitrogen and oxygen atoms in total. The first kappa shape index (κ1) is 26.1. The summed E-state index contributed by atoms with van der Waals surface area (Å²) in [5.41, 5.74) is 0. The van der Waals surface area contributed by atoms with Gasteiger partial charge < -0.3 is 40.5 Å². The molecule has 35 heavy (non-hydrogen) atoms. The first-order valence-electron chi connectivity index (χ1n) is 11.2. The molecule has 0 aromatic heterocycles. The van der Waals surface area contributed by atoms with Gasteiger partial charge in [-0.1, -0.05) is 0 Å². The van der Waals surface area contributed by atoms with Gasteiger partial charge in [-0.05, 0) is 19.3 Å². The van der Waals surface area contributed by atoms with E-state index in [0.29, 0.717) is 0 Å². The van der Waals surface area contributed by atoms with Crippen LogP contribution >= 0.6 is 0 Å². The largest absolute Gasteiger partial charge is 0.394 e. The minimum atomic E-state index is -3.79. The van der Waals surface area contributed by atoms with Crippen molar-refractivity contribution in [3.05, 3.63) is 0 Å². The van der Waals surface area contributed by atoms with Crippen molar-refractivity contribution in [2.75, 3.05) is 26.3 Å². The SMILES string of the molecule is O=C1NC(CC2CCN([C@@H]3O[C@H](CO)[C@@H](O)C3(F)F)C(=O)N2)CCN1[C@@H]1O[C@H](CO)[C@@H](O)C1(F)F. The Hall–Kier alpha value is -1.98. The highest BCUT2D eigenvalue weighted by Crippen LogP contribution is 2.40. The average molecular weight is 516 g/mol. The van der Waals surface area contributed by atoms with Gasteiger partial charge in [-0.2, -0.15) is 17.6 Å². The number of hydrogen-bond acceptors (Lipinski definition) is 8. The van der Waals surface area contributed by atoms with E-state index in [4.69, 9.17) is 19.7 Å². The van der Waals surface area contributed by atoms with Crippen LogP contribution in [0.3, 0.4) is 0 Å². The molecule has 0 aliphatic carbocycles. The number of rotatable bonds is 6. The van der Waals surface area contributed by atoms with E-state index in [9.17, 15) is 37.4 Å². The van der Waals surface area contributed by atoms with Crippen molar-refractivity contribution in [1.29, 1.82) is 0 Å². The van der Waals surface area contributed by atoms with Gasteiger partial charge in [-0.15, -0.1) is 0 Å². The Morgan fingerprint density at radius 2 is 1.17 bits per heavy atom. The number of carbonyl (C=O) groups excluding carboxylic acids is 2. The second-order valence-electron chi connectivity index (χ2n) is 9.15. The van der Waals surface area contributed by atoms with Crippen LogP contribution in [0.2, 0.25) is 0 Å². The van der Waals surface area contributed by atoms with Crippen LogP contribution in [-0.4, -0.2) is 129 Å². The number of aliphatic hydroxyl groups excluding tert-OH is 4. The fraction of sp³-hybridized carbons (Fsp3) is 0.895. The van der Waals surface area contributed by atoms with Crippen LogP contribution in [0.5, 0.6) is 0 Å². The van der Waals surface area contributed by atoms with E-state index < -0.39 is 86.1 Å². The number of alkyl halides is 4. The highest BCUT2D eigenvalue weighted by atomic mass is 19.3. The molecule has 4 saturated heterocycles. The topological polar surface area (TPSA) is 164 Å². The Balaban J connectivity index is 1.31. The van der Waals surface area contributed by atoms with Crippen molar-refractivity contribution in [2.45, 2.75) is 80.1 Å². The molecule has 0 saturated carbocycles. The molecule has 2 unspecified atom stereocenters. The number of aliphatic hydroxyl groups is 4. The first-order valence-corrected chi connectivity index (χ1v) is 11.2. The third-order valence-electron chi connectivity index (χ3n) is 6.87. The van der Waals surface area contributed by atoms with Gasteiger partial charge in [0, 0.05) is 25.2 Å². The number of amides is 4. The standard InChI is InChI=1S/C19H28F4N4O8/c20-18(21)12(30)10(6-28)34-14(18)26-3-1-8(24-16(26)32)5-9-2-4-27(17(33)25-9)15-19(22,23)13(31)11(7-29)35-15/h8-15,28-31H,1-7H2,(H,24,32)(H,25,33)/t8?,9?,10-,11-,12-,13-,14-,15-/m1/s1. The highest BCUT2D eigenvalue weighted by Gasteiger charge is 2.63. The van der Waals surface area contributed by atoms with E-state index in [-0.39, 0.29) is 32.4 Å². The van der Waals surface area contributed by atoms with E-state index in [2.05, 4.69) is 10.6 Å². The summed E-state index contributed by atoms with van der Waals surface area (Å²) in [4.78, 5) is 26.5. The monoisotopic (exact) mass is 516 g/mol. The van der Waals surface area contributed by atoms with Crippen molar-refractivity contribution in [1.82, 2.24) is 20.4 Å². The number of halogens is 4. The molecule has 4 rings (SSSR count). The van der Waals surface area contributed by atoms with E-state index >= 15 is 0 Å². The Morgan fingerprint density at radius 3 is 1.46 bits per heavy atom. The normalized spacial score (nSPS) is 41.1. The maximum Gasteiger partial charge on any atom is 0.319 e. The number of nitrogens with zero attached hydrogens (tertiary/aromatic N) is 2. The van der Waals surface area contributed by atoms with E-state index in [1.165, 1.54) is 0 Å². The zero-order valence-electron chi connectivity index (χ0n) is 18.4. The van der Waals surface area contributed by atoms with Gasteiger partial charge in [0.2, 0.25) is 12.5 Å². The van der Waals surface area contributed by atoms with Gasteiger partial charge in [0.05, 0.1) is 13.2 Å².